The second-order valence-electron chi connectivity index (χ2n) is 4.57. The number of halogens is 1. The Hall–Kier alpha value is -1.33. The van der Waals surface area contributed by atoms with Crippen molar-refractivity contribution in [3.05, 3.63) is 22.5 Å². The van der Waals surface area contributed by atoms with Gasteiger partial charge in [-0.2, -0.15) is 5.10 Å². The van der Waals surface area contributed by atoms with Gasteiger partial charge in [-0.1, -0.05) is 24.9 Å². The van der Waals surface area contributed by atoms with Crippen molar-refractivity contribution in [2.75, 3.05) is 13.2 Å². The van der Waals surface area contributed by atoms with E-state index in [2.05, 4.69) is 17.3 Å². The van der Waals surface area contributed by atoms with Crippen LogP contribution < -0.4 is 5.32 Å². The molecule has 0 aromatic carbocycles. The zero-order chi connectivity index (χ0) is 15.0. The summed E-state index contributed by atoms with van der Waals surface area (Å²) >= 11 is 6.26. The lowest BCUT2D eigenvalue weighted by atomic mass is 10.2. The van der Waals surface area contributed by atoms with E-state index in [1.165, 1.54) is 6.08 Å². The molecule has 0 spiro atoms. The van der Waals surface area contributed by atoms with Gasteiger partial charge < -0.3 is 10.4 Å². The average Bonchev–Trinajstić information content (AvgIpc) is 2.69. The lowest BCUT2D eigenvalue weighted by Crippen LogP contribution is -2.22. The molecule has 0 atom stereocenters. The highest BCUT2D eigenvalue weighted by Crippen LogP contribution is 2.21. The zero-order valence-electron chi connectivity index (χ0n) is 12.0. The Kier molecular flexibility index (Phi) is 7.33. The molecule has 1 aromatic heterocycles. The molecule has 5 nitrogen and oxygen atoms in total. The minimum absolute atomic E-state index is 0.0686. The number of nitrogens with zero attached hydrogens (tertiary/aromatic N) is 2. The molecule has 0 aliphatic rings. The number of unbranched alkanes of at least 4 members (excludes halogenated alkanes) is 1. The molecule has 112 valence electrons. The number of amides is 1. The van der Waals surface area contributed by atoms with Gasteiger partial charge in [0.25, 0.3) is 0 Å². The summed E-state index contributed by atoms with van der Waals surface area (Å²) in [5.41, 5.74) is 1.59. The molecule has 6 heteroatoms. The van der Waals surface area contributed by atoms with Crippen molar-refractivity contribution in [3.8, 4) is 0 Å². The molecule has 0 bridgehead atoms. The number of rotatable bonds is 8. The van der Waals surface area contributed by atoms with E-state index in [1.54, 1.807) is 10.8 Å². The van der Waals surface area contributed by atoms with Gasteiger partial charge in [0.15, 0.2) is 0 Å². The molecule has 0 aliphatic heterocycles. The Morgan fingerprint density at radius 2 is 2.25 bits per heavy atom. The van der Waals surface area contributed by atoms with Crippen molar-refractivity contribution in [2.24, 2.45) is 0 Å². The Labute approximate surface area is 124 Å². The summed E-state index contributed by atoms with van der Waals surface area (Å²) in [6.45, 7) is 5.30. The highest BCUT2D eigenvalue weighted by atomic mass is 35.5. The number of aliphatic hydroxyl groups excluding tert-OH is 1. The lowest BCUT2D eigenvalue weighted by Gasteiger charge is -2.01. The monoisotopic (exact) mass is 299 g/mol. The molecule has 0 radical (unpaired) electrons. The maximum atomic E-state index is 11.5. The number of hydrogen-bond acceptors (Lipinski definition) is 3. The number of aliphatic hydroxyl groups is 1. The molecule has 1 rings (SSSR count). The van der Waals surface area contributed by atoms with E-state index in [4.69, 9.17) is 16.7 Å². The van der Waals surface area contributed by atoms with Crippen LogP contribution in [0.2, 0.25) is 5.15 Å². The third-order valence-electron chi connectivity index (χ3n) is 2.87. The molecular formula is C14H22ClN3O2. The van der Waals surface area contributed by atoms with Gasteiger partial charge in [-0.25, -0.2) is 0 Å². The molecule has 20 heavy (non-hydrogen) atoms. The third-order valence-corrected chi connectivity index (χ3v) is 3.27. The van der Waals surface area contributed by atoms with E-state index in [9.17, 15) is 4.79 Å². The van der Waals surface area contributed by atoms with Crippen molar-refractivity contribution in [3.63, 3.8) is 0 Å². The van der Waals surface area contributed by atoms with Crippen molar-refractivity contribution >= 4 is 23.6 Å². The van der Waals surface area contributed by atoms with Crippen LogP contribution in [0.25, 0.3) is 6.08 Å². The van der Waals surface area contributed by atoms with Gasteiger partial charge in [-0.05, 0) is 25.8 Å². The van der Waals surface area contributed by atoms with Gasteiger partial charge in [0, 0.05) is 31.3 Å². The Balaban J connectivity index is 2.67. The van der Waals surface area contributed by atoms with Crippen molar-refractivity contribution < 1.29 is 9.90 Å². The first-order valence-electron chi connectivity index (χ1n) is 6.89. The van der Waals surface area contributed by atoms with Crippen LogP contribution in [0.3, 0.4) is 0 Å². The summed E-state index contributed by atoms with van der Waals surface area (Å²) in [5.74, 6) is -0.199. The maximum Gasteiger partial charge on any atom is 0.244 e. The average molecular weight is 300 g/mol. The molecule has 1 amide bonds. The van der Waals surface area contributed by atoms with E-state index in [0.717, 1.165) is 30.6 Å². The summed E-state index contributed by atoms with van der Waals surface area (Å²) in [4.78, 5) is 11.5. The van der Waals surface area contributed by atoms with Gasteiger partial charge in [-0.3, -0.25) is 9.48 Å². The molecule has 0 saturated heterocycles. The minimum atomic E-state index is -0.199. The fraction of sp³-hybridized carbons (Fsp3) is 0.571. The number of aromatic nitrogens is 2. The van der Waals surface area contributed by atoms with Crippen molar-refractivity contribution in [1.29, 1.82) is 0 Å². The van der Waals surface area contributed by atoms with Gasteiger partial charge >= 0.3 is 0 Å². The number of carbonyl (C=O) groups is 1. The molecule has 0 unspecified atom stereocenters. The topological polar surface area (TPSA) is 67.2 Å². The van der Waals surface area contributed by atoms with Crippen molar-refractivity contribution in [2.45, 2.75) is 39.7 Å². The fourth-order valence-electron chi connectivity index (χ4n) is 1.72. The summed E-state index contributed by atoms with van der Waals surface area (Å²) in [7, 11) is 0. The smallest absolute Gasteiger partial charge is 0.244 e. The molecular weight excluding hydrogens is 278 g/mol. The highest BCUT2D eigenvalue weighted by molar-refractivity contribution is 6.31. The summed E-state index contributed by atoms with van der Waals surface area (Å²) in [6, 6.07) is 0. The Bertz CT molecular complexity index is 469. The van der Waals surface area contributed by atoms with Gasteiger partial charge in [-0.15, -0.1) is 0 Å². The largest absolute Gasteiger partial charge is 0.396 e. The number of hydrogen-bond donors (Lipinski definition) is 2. The van der Waals surface area contributed by atoms with Crippen LogP contribution >= 0.6 is 11.6 Å². The molecule has 0 fully saturated rings. The first-order valence-corrected chi connectivity index (χ1v) is 7.27. The van der Waals surface area contributed by atoms with E-state index in [-0.39, 0.29) is 12.5 Å². The molecule has 2 N–H and O–H groups in total. The highest BCUT2D eigenvalue weighted by Gasteiger charge is 2.10. The van der Waals surface area contributed by atoms with Crippen LogP contribution in [-0.4, -0.2) is 33.9 Å². The quantitative estimate of drug-likeness (QED) is 0.571. The first-order chi connectivity index (χ1) is 9.60. The van der Waals surface area contributed by atoms with Gasteiger partial charge in [0.2, 0.25) is 5.91 Å². The number of aryl methyl sites for hydroxylation is 2. The Morgan fingerprint density at radius 1 is 1.50 bits per heavy atom. The van der Waals surface area contributed by atoms with Gasteiger partial charge in [0.05, 0.1) is 5.69 Å². The van der Waals surface area contributed by atoms with Crippen LogP contribution in [0, 0.1) is 6.92 Å². The summed E-state index contributed by atoms with van der Waals surface area (Å²) in [6.07, 6.45) is 5.77. The van der Waals surface area contributed by atoms with Crippen LogP contribution in [-0.2, 0) is 11.3 Å². The van der Waals surface area contributed by atoms with Crippen LogP contribution in [0.4, 0.5) is 0 Å². The van der Waals surface area contributed by atoms with Crippen molar-refractivity contribution in [1.82, 2.24) is 15.1 Å². The lowest BCUT2D eigenvalue weighted by molar-refractivity contribution is -0.116. The predicted octanol–water partition coefficient (Wildman–Crippen LogP) is 2.16. The molecule has 0 aliphatic carbocycles. The standard InChI is InChI=1S/C14H22ClN3O2/c1-3-4-9-18-14(15)12(11(2)17-18)6-7-13(20)16-8-5-10-19/h6-7,19H,3-5,8-10H2,1-2H3,(H,16,20)/b7-6+. The molecule has 1 aromatic rings. The second-order valence-corrected chi connectivity index (χ2v) is 4.93. The predicted molar refractivity (Wildman–Crippen MR) is 80.6 cm³/mol. The van der Waals surface area contributed by atoms with Gasteiger partial charge in [0.1, 0.15) is 5.15 Å². The number of carbonyl (C=O) groups excluding carboxylic acids is 1. The normalized spacial score (nSPS) is 11.2. The minimum Gasteiger partial charge on any atom is -0.396 e. The maximum absolute atomic E-state index is 11.5. The number of nitrogens with one attached hydrogen (secondary N) is 1. The zero-order valence-corrected chi connectivity index (χ0v) is 12.8. The fourth-order valence-corrected chi connectivity index (χ4v) is 2.04. The molecule has 0 saturated carbocycles. The third kappa shape index (κ3) is 4.98. The van der Waals surface area contributed by atoms with Crippen LogP contribution in [0.15, 0.2) is 6.08 Å². The van der Waals surface area contributed by atoms with E-state index in [0.29, 0.717) is 18.1 Å². The summed E-state index contributed by atoms with van der Waals surface area (Å²) in [5, 5.41) is 16.2. The van der Waals surface area contributed by atoms with Crippen LogP contribution in [0.5, 0.6) is 0 Å². The van der Waals surface area contributed by atoms with Crippen LogP contribution in [0.1, 0.15) is 37.4 Å². The molecule has 1 heterocycles. The van der Waals surface area contributed by atoms with E-state index >= 15 is 0 Å². The second kappa shape index (κ2) is 8.76. The van der Waals surface area contributed by atoms with E-state index < -0.39 is 0 Å². The SMILES string of the molecule is CCCCn1nc(C)c(/C=C/C(=O)NCCCO)c1Cl. The van der Waals surface area contributed by atoms with E-state index in [1.807, 2.05) is 6.92 Å². The first kappa shape index (κ1) is 16.7. The summed E-state index contributed by atoms with van der Waals surface area (Å²) < 4.78 is 1.77. The Morgan fingerprint density at radius 3 is 2.90 bits per heavy atom.